The van der Waals surface area contributed by atoms with E-state index in [1.54, 1.807) is 23.9 Å². The van der Waals surface area contributed by atoms with Gasteiger partial charge in [-0.15, -0.1) is 11.8 Å². The number of unbranched alkanes of at least 4 members (excludes halogenated alkanes) is 2. The standard InChI is InChI=1S/C21H24FNOS/c1-2-3-4-5-16-6-8-17(9-7-16)20(24)23-14-15-25-21(23)18-10-12-19(22)13-11-18/h6-13,21H,2-5,14-15H2,1H3/t21-/m0/s1. The van der Waals surface area contributed by atoms with Gasteiger partial charge in [0.2, 0.25) is 0 Å². The Kier molecular flexibility index (Phi) is 6.14. The molecule has 0 radical (unpaired) electrons. The Labute approximate surface area is 153 Å². The van der Waals surface area contributed by atoms with E-state index in [-0.39, 0.29) is 17.1 Å². The fraction of sp³-hybridized carbons (Fsp3) is 0.381. The van der Waals surface area contributed by atoms with Gasteiger partial charge in [-0.1, -0.05) is 44.0 Å². The lowest BCUT2D eigenvalue weighted by Gasteiger charge is -2.24. The SMILES string of the molecule is CCCCCc1ccc(C(=O)N2CCS[C@H]2c2ccc(F)cc2)cc1. The summed E-state index contributed by atoms with van der Waals surface area (Å²) in [5.41, 5.74) is 3.00. The Balaban J connectivity index is 1.69. The van der Waals surface area contributed by atoms with Crippen LogP contribution in [-0.2, 0) is 6.42 Å². The molecule has 2 aromatic rings. The monoisotopic (exact) mass is 357 g/mol. The topological polar surface area (TPSA) is 20.3 Å². The van der Waals surface area contributed by atoms with Crippen molar-refractivity contribution in [3.8, 4) is 0 Å². The van der Waals surface area contributed by atoms with Crippen molar-refractivity contribution in [3.05, 3.63) is 71.0 Å². The van der Waals surface area contributed by atoms with Crippen molar-refractivity contribution >= 4 is 17.7 Å². The smallest absolute Gasteiger partial charge is 0.255 e. The molecule has 1 heterocycles. The van der Waals surface area contributed by atoms with Gasteiger partial charge in [0, 0.05) is 17.9 Å². The summed E-state index contributed by atoms with van der Waals surface area (Å²) in [7, 11) is 0. The zero-order valence-corrected chi connectivity index (χ0v) is 15.4. The molecule has 1 aliphatic heterocycles. The minimum atomic E-state index is -0.247. The van der Waals surface area contributed by atoms with Crippen molar-refractivity contribution < 1.29 is 9.18 Å². The molecule has 3 rings (SSSR count). The molecular weight excluding hydrogens is 333 g/mol. The van der Waals surface area contributed by atoms with E-state index in [9.17, 15) is 9.18 Å². The summed E-state index contributed by atoms with van der Waals surface area (Å²) in [5.74, 6) is 0.714. The van der Waals surface area contributed by atoms with Crippen LogP contribution >= 0.6 is 11.8 Å². The van der Waals surface area contributed by atoms with E-state index in [4.69, 9.17) is 0 Å². The number of halogens is 1. The lowest BCUT2D eigenvalue weighted by atomic mass is 10.0. The Bertz CT molecular complexity index is 699. The first-order chi connectivity index (χ1) is 12.2. The predicted octanol–water partition coefficient (Wildman–Crippen LogP) is 5.45. The van der Waals surface area contributed by atoms with Gasteiger partial charge >= 0.3 is 0 Å². The van der Waals surface area contributed by atoms with Gasteiger partial charge in [-0.2, -0.15) is 0 Å². The molecule has 1 fully saturated rings. The Morgan fingerprint density at radius 1 is 1.12 bits per heavy atom. The van der Waals surface area contributed by atoms with Crippen molar-refractivity contribution in [1.29, 1.82) is 0 Å². The number of hydrogen-bond donors (Lipinski definition) is 0. The van der Waals surface area contributed by atoms with E-state index in [1.165, 1.54) is 37.0 Å². The van der Waals surface area contributed by atoms with E-state index in [0.717, 1.165) is 29.8 Å². The third-order valence-electron chi connectivity index (χ3n) is 4.58. The molecule has 0 unspecified atom stereocenters. The Morgan fingerprint density at radius 2 is 1.84 bits per heavy atom. The maximum absolute atomic E-state index is 13.2. The molecule has 0 spiro atoms. The first-order valence-electron chi connectivity index (χ1n) is 8.96. The summed E-state index contributed by atoms with van der Waals surface area (Å²) in [6, 6.07) is 14.5. The first-order valence-corrected chi connectivity index (χ1v) is 10.0. The average Bonchev–Trinajstić information content (AvgIpc) is 3.12. The van der Waals surface area contributed by atoms with Crippen LogP contribution in [0, 0.1) is 5.82 Å². The molecule has 2 aromatic carbocycles. The second kappa shape index (κ2) is 8.52. The van der Waals surface area contributed by atoms with Crippen molar-refractivity contribution in [2.75, 3.05) is 12.3 Å². The number of amides is 1. The normalized spacial score (nSPS) is 17.0. The van der Waals surface area contributed by atoms with Crippen LogP contribution in [0.3, 0.4) is 0 Å². The summed E-state index contributed by atoms with van der Waals surface area (Å²) in [6.45, 7) is 2.93. The summed E-state index contributed by atoms with van der Waals surface area (Å²) < 4.78 is 13.2. The number of hydrogen-bond acceptors (Lipinski definition) is 2. The third-order valence-corrected chi connectivity index (χ3v) is 5.84. The Hall–Kier alpha value is -1.81. The number of rotatable bonds is 6. The molecule has 132 valence electrons. The quantitative estimate of drug-likeness (QED) is 0.641. The molecule has 1 saturated heterocycles. The van der Waals surface area contributed by atoms with Crippen LogP contribution in [0.25, 0.3) is 0 Å². The molecule has 4 heteroatoms. The molecule has 0 saturated carbocycles. The molecule has 1 atom stereocenters. The summed E-state index contributed by atoms with van der Waals surface area (Å²) in [4.78, 5) is 14.8. The fourth-order valence-corrected chi connectivity index (χ4v) is 4.40. The maximum Gasteiger partial charge on any atom is 0.255 e. The highest BCUT2D eigenvalue weighted by molar-refractivity contribution is 7.99. The highest BCUT2D eigenvalue weighted by Gasteiger charge is 2.31. The van der Waals surface area contributed by atoms with Crippen molar-refractivity contribution in [3.63, 3.8) is 0 Å². The van der Waals surface area contributed by atoms with Crippen LogP contribution in [0.2, 0.25) is 0 Å². The van der Waals surface area contributed by atoms with Crippen molar-refractivity contribution in [1.82, 2.24) is 4.90 Å². The fourth-order valence-electron chi connectivity index (χ4n) is 3.14. The number of thioether (sulfide) groups is 1. The van der Waals surface area contributed by atoms with Gasteiger partial charge in [0.25, 0.3) is 5.91 Å². The number of carbonyl (C=O) groups excluding carboxylic acids is 1. The Morgan fingerprint density at radius 3 is 2.52 bits per heavy atom. The van der Waals surface area contributed by atoms with Crippen LogP contribution in [0.4, 0.5) is 4.39 Å². The number of carbonyl (C=O) groups is 1. The minimum absolute atomic E-state index is 0.0302. The molecule has 0 aliphatic carbocycles. The minimum Gasteiger partial charge on any atom is -0.322 e. The molecule has 25 heavy (non-hydrogen) atoms. The van der Waals surface area contributed by atoms with Gasteiger partial charge in [0.15, 0.2) is 0 Å². The number of aryl methyl sites for hydroxylation is 1. The largest absolute Gasteiger partial charge is 0.322 e. The van der Waals surface area contributed by atoms with Crippen LogP contribution in [0.15, 0.2) is 48.5 Å². The zero-order valence-electron chi connectivity index (χ0n) is 14.6. The predicted molar refractivity (Wildman–Crippen MR) is 102 cm³/mol. The van der Waals surface area contributed by atoms with E-state index in [2.05, 4.69) is 19.1 Å². The van der Waals surface area contributed by atoms with Gasteiger partial charge in [-0.3, -0.25) is 4.79 Å². The summed E-state index contributed by atoms with van der Waals surface area (Å²) in [5, 5.41) is -0.0302. The highest BCUT2D eigenvalue weighted by atomic mass is 32.2. The molecule has 1 amide bonds. The molecule has 2 nitrogen and oxygen atoms in total. The average molecular weight is 357 g/mol. The van der Waals surface area contributed by atoms with Crippen molar-refractivity contribution in [2.24, 2.45) is 0 Å². The summed E-state index contributed by atoms with van der Waals surface area (Å²) in [6.07, 6.45) is 4.72. The second-order valence-corrected chi connectivity index (χ2v) is 7.62. The molecule has 0 N–H and O–H groups in total. The van der Waals surface area contributed by atoms with Gasteiger partial charge in [-0.05, 0) is 48.2 Å². The van der Waals surface area contributed by atoms with Gasteiger partial charge in [-0.25, -0.2) is 4.39 Å². The summed E-state index contributed by atoms with van der Waals surface area (Å²) >= 11 is 1.73. The van der Waals surface area contributed by atoms with Crippen LogP contribution in [0.1, 0.15) is 53.0 Å². The lowest BCUT2D eigenvalue weighted by Crippen LogP contribution is -2.30. The third kappa shape index (κ3) is 4.43. The zero-order chi connectivity index (χ0) is 17.6. The molecule has 1 aliphatic rings. The molecular formula is C21H24FNOS. The van der Waals surface area contributed by atoms with Gasteiger partial charge in [0.1, 0.15) is 11.2 Å². The second-order valence-electron chi connectivity index (χ2n) is 6.43. The number of benzene rings is 2. The van der Waals surface area contributed by atoms with Crippen molar-refractivity contribution in [2.45, 2.75) is 38.0 Å². The van der Waals surface area contributed by atoms with Crippen LogP contribution in [-0.4, -0.2) is 23.1 Å². The number of nitrogens with zero attached hydrogens (tertiary/aromatic N) is 1. The van der Waals surface area contributed by atoms with E-state index in [0.29, 0.717) is 0 Å². The van der Waals surface area contributed by atoms with Gasteiger partial charge in [0.05, 0.1) is 0 Å². The molecule has 0 bridgehead atoms. The first kappa shape index (κ1) is 18.0. The maximum atomic E-state index is 13.2. The lowest BCUT2D eigenvalue weighted by molar-refractivity contribution is 0.0760. The highest BCUT2D eigenvalue weighted by Crippen LogP contribution is 2.38. The molecule has 0 aromatic heterocycles. The van der Waals surface area contributed by atoms with E-state index in [1.807, 2.05) is 17.0 Å². The van der Waals surface area contributed by atoms with Gasteiger partial charge < -0.3 is 4.90 Å². The van der Waals surface area contributed by atoms with E-state index < -0.39 is 0 Å². The van der Waals surface area contributed by atoms with Crippen LogP contribution in [0.5, 0.6) is 0 Å². The van der Waals surface area contributed by atoms with Crippen LogP contribution < -0.4 is 0 Å². The van der Waals surface area contributed by atoms with E-state index >= 15 is 0 Å².